The summed E-state index contributed by atoms with van der Waals surface area (Å²) in [7, 11) is 0. The van der Waals surface area contributed by atoms with Crippen LogP contribution in [0.1, 0.15) is 13.3 Å². The van der Waals surface area contributed by atoms with Gasteiger partial charge in [0.25, 0.3) is 0 Å². The molecule has 1 fully saturated rings. The van der Waals surface area contributed by atoms with Crippen molar-refractivity contribution in [2.24, 2.45) is 0 Å². The smallest absolute Gasteiger partial charge is 0.119 e. The average molecular weight is 234 g/mol. The number of ether oxygens (including phenoxy) is 1. The Kier molecular flexibility index (Phi) is 4.83. The van der Waals surface area contributed by atoms with E-state index in [2.05, 4.69) is 17.1 Å². The van der Waals surface area contributed by atoms with Gasteiger partial charge in [0.1, 0.15) is 12.4 Å². The summed E-state index contributed by atoms with van der Waals surface area (Å²) in [6, 6.07) is 10.7. The third kappa shape index (κ3) is 4.02. The molecule has 1 N–H and O–H groups in total. The molecule has 0 bridgehead atoms. The maximum atomic E-state index is 5.74. The minimum atomic E-state index is 0.657. The molecule has 1 saturated heterocycles. The second-order valence-electron chi connectivity index (χ2n) is 4.59. The lowest BCUT2D eigenvalue weighted by Crippen LogP contribution is -2.37. The van der Waals surface area contributed by atoms with E-state index < -0.39 is 0 Å². The van der Waals surface area contributed by atoms with Crippen LogP contribution in [0.4, 0.5) is 0 Å². The number of nitrogens with one attached hydrogen (secondary N) is 1. The lowest BCUT2D eigenvalue weighted by molar-refractivity contribution is 0.175. The maximum absolute atomic E-state index is 5.74. The topological polar surface area (TPSA) is 24.5 Å². The van der Waals surface area contributed by atoms with Crippen molar-refractivity contribution in [1.29, 1.82) is 0 Å². The zero-order chi connectivity index (χ0) is 11.9. The van der Waals surface area contributed by atoms with Gasteiger partial charge in [0.2, 0.25) is 0 Å². The van der Waals surface area contributed by atoms with Crippen LogP contribution in [0.3, 0.4) is 0 Å². The molecule has 3 heteroatoms. The van der Waals surface area contributed by atoms with Gasteiger partial charge < -0.3 is 10.1 Å². The summed E-state index contributed by atoms with van der Waals surface area (Å²) in [6.45, 7) is 7.44. The van der Waals surface area contributed by atoms with Gasteiger partial charge in [0.05, 0.1) is 0 Å². The fourth-order valence-corrected chi connectivity index (χ4v) is 2.19. The number of rotatable bonds is 4. The molecule has 1 unspecified atom stereocenters. The van der Waals surface area contributed by atoms with Gasteiger partial charge in [-0.15, -0.1) is 0 Å². The van der Waals surface area contributed by atoms with Crippen LogP contribution in [-0.2, 0) is 0 Å². The van der Waals surface area contributed by atoms with E-state index in [1.54, 1.807) is 0 Å². The van der Waals surface area contributed by atoms with Crippen molar-refractivity contribution < 1.29 is 4.74 Å². The fraction of sp³-hybridized carbons (Fsp3) is 0.571. The molecule has 17 heavy (non-hydrogen) atoms. The highest BCUT2D eigenvalue weighted by molar-refractivity contribution is 5.20. The molecule has 1 aromatic carbocycles. The molecule has 0 aliphatic carbocycles. The summed E-state index contributed by atoms with van der Waals surface area (Å²) in [4.78, 5) is 2.50. The second-order valence-corrected chi connectivity index (χ2v) is 4.59. The highest BCUT2D eigenvalue weighted by atomic mass is 16.5. The van der Waals surface area contributed by atoms with Crippen molar-refractivity contribution in [3.63, 3.8) is 0 Å². The van der Waals surface area contributed by atoms with E-state index in [9.17, 15) is 0 Å². The Morgan fingerprint density at radius 3 is 2.94 bits per heavy atom. The Morgan fingerprint density at radius 1 is 1.29 bits per heavy atom. The van der Waals surface area contributed by atoms with Crippen molar-refractivity contribution in [1.82, 2.24) is 10.2 Å². The number of para-hydroxylation sites is 1. The van der Waals surface area contributed by atoms with Gasteiger partial charge >= 0.3 is 0 Å². The summed E-state index contributed by atoms with van der Waals surface area (Å²) in [6.07, 6.45) is 1.23. The van der Waals surface area contributed by atoms with Gasteiger partial charge in [-0.1, -0.05) is 18.2 Å². The maximum Gasteiger partial charge on any atom is 0.119 e. The largest absolute Gasteiger partial charge is 0.492 e. The van der Waals surface area contributed by atoms with Crippen LogP contribution < -0.4 is 10.1 Å². The minimum Gasteiger partial charge on any atom is -0.492 e. The fourth-order valence-electron chi connectivity index (χ4n) is 2.19. The molecule has 0 spiro atoms. The van der Waals surface area contributed by atoms with Crippen LogP contribution in [0, 0.1) is 0 Å². The summed E-state index contributed by atoms with van der Waals surface area (Å²) >= 11 is 0. The van der Waals surface area contributed by atoms with Crippen molar-refractivity contribution >= 4 is 0 Å². The van der Waals surface area contributed by atoms with Crippen LogP contribution in [0.5, 0.6) is 5.75 Å². The molecule has 3 nitrogen and oxygen atoms in total. The monoisotopic (exact) mass is 234 g/mol. The zero-order valence-corrected chi connectivity index (χ0v) is 10.6. The van der Waals surface area contributed by atoms with Crippen molar-refractivity contribution in [2.45, 2.75) is 19.4 Å². The molecule has 0 radical (unpaired) electrons. The molecule has 94 valence electrons. The van der Waals surface area contributed by atoms with Crippen LogP contribution in [0.25, 0.3) is 0 Å². The highest BCUT2D eigenvalue weighted by Crippen LogP contribution is 2.09. The molecular formula is C14H22N2O. The van der Waals surface area contributed by atoms with E-state index in [-0.39, 0.29) is 0 Å². The summed E-state index contributed by atoms with van der Waals surface area (Å²) in [5.74, 6) is 0.966. The first-order chi connectivity index (χ1) is 8.36. The Morgan fingerprint density at radius 2 is 2.12 bits per heavy atom. The third-order valence-electron chi connectivity index (χ3n) is 3.33. The molecule has 0 amide bonds. The van der Waals surface area contributed by atoms with Crippen LogP contribution in [-0.4, -0.2) is 43.7 Å². The van der Waals surface area contributed by atoms with E-state index in [1.165, 1.54) is 6.42 Å². The molecule has 1 atom stereocenters. The van der Waals surface area contributed by atoms with Crippen molar-refractivity contribution in [3.05, 3.63) is 30.3 Å². The van der Waals surface area contributed by atoms with Gasteiger partial charge in [0, 0.05) is 25.7 Å². The molecule has 1 aliphatic heterocycles. The number of nitrogens with zero attached hydrogens (tertiary/aromatic N) is 1. The Hall–Kier alpha value is -1.06. The summed E-state index contributed by atoms with van der Waals surface area (Å²) in [5, 5.41) is 3.43. The van der Waals surface area contributed by atoms with Gasteiger partial charge in [-0.25, -0.2) is 0 Å². The number of hydrogen-bond donors (Lipinski definition) is 1. The van der Waals surface area contributed by atoms with Crippen molar-refractivity contribution in [2.75, 3.05) is 32.8 Å². The normalized spacial score (nSPS) is 22.1. The lowest BCUT2D eigenvalue weighted by Gasteiger charge is -2.26. The van der Waals surface area contributed by atoms with Gasteiger partial charge in [0.15, 0.2) is 0 Å². The van der Waals surface area contributed by atoms with Gasteiger partial charge in [-0.3, -0.25) is 4.90 Å². The first kappa shape index (κ1) is 12.4. The van der Waals surface area contributed by atoms with Crippen molar-refractivity contribution in [3.8, 4) is 5.75 Å². The Labute approximate surface area is 104 Å². The quantitative estimate of drug-likeness (QED) is 0.859. The Bertz CT molecular complexity index is 315. The molecule has 2 rings (SSSR count). The first-order valence-electron chi connectivity index (χ1n) is 6.49. The minimum absolute atomic E-state index is 0.657. The van der Waals surface area contributed by atoms with Crippen LogP contribution >= 0.6 is 0 Å². The van der Waals surface area contributed by atoms with Crippen LogP contribution in [0.15, 0.2) is 30.3 Å². The molecule has 1 aliphatic rings. The predicted octanol–water partition coefficient (Wildman–Crippen LogP) is 1.75. The lowest BCUT2D eigenvalue weighted by atomic mass is 10.2. The number of hydrogen-bond acceptors (Lipinski definition) is 3. The Balaban J connectivity index is 1.73. The standard InChI is InChI=1S/C14H22N2O/c1-13-7-8-15-9-10-16(13)11-12-17-14-5-3-2-4-6-14/h2-6,13,15H,7-12H2,1H3. The molecule has 0 aromatic heterocycles. The highest BCUT2D eigenvalue weighted by Gasteiger charge is 2.15. The summed E-state index contributed by atoms with van der Waals surface area (Å²) in [5.41, 5.74) is 0. The zero-order valence-electron chi connectivity index (χ0n) is 10.6. The molecule has 1 aromatic rings. The molecule has 0 saturated carbocycles. The molecular weight excluding hydrogens is 212 g/mol. The van der Waals surface area contributed by atoms with Crippen LogP contribution in [0.2, 0.25) is 0 Å². The summed E-state index contributed by atoms with van der Waals surface area (Å²) < 4.78 is 5.74. The SMILES string of the molecule is CC1CCNCCN1CCOc1ccccc1. The second kappa shape index (κ2) is 6.62. The van der Waals surface area contributed by atoms with E-state index in [1.807, 2.05) is 30.3 Å². The molecule has 1 heterocycles. The van der Waals surface area contributed by atoms with E-state index in [0.29, 0.717) is 6.04 Å². The van der Waals surface area contributed by atoms with Gasteiger partial charge in [-0.05, 0) is 32.0 Å². The third-order valence-corrected chi connectivity index (χ3v) is 3.33. The van der Waals surface area contributed by atoms with Gasteiger partial charge in [-0.2, -0.15) is 0 Å². The van der Waals surface area contributed by atoms with E-state index in [0.717, 1.165) is 38.5 Å². The first-order valence-corrected chi connectivity index (χ1v) is 6.49. The number of benzene rings is 1. The van der Waals surface area contributed by atoms with E-state index in [4.69, 9.17) is 4.74 Å². The average Bonchev–Trinajstić information content (AvgIpc) is 2.56. The predicted molar refractivity (Wildman–Crippen MR) is 70.5 cm³/mol. The van der Waals surface area contributed by atoms with E-state index >= 15 is 0 Å².